The van der Waals surface area contributed by atoms with Crippen molar-refractivity contribution in [1.29, 1.82) is 0 Å². The molecule has 1 atom stereocenters. The van der Waals surface area contributed by atoms with Gasteiger partial charge in [-0.1, -0.05) is 18.2 Å². The predicted molar refractivity (Wildman–Crippen MR) is 109 cm³/mol. The number of amides is 2. The molecule has 29 heavy (non-hydrogen) atoms. The number of aromatic amines is 1. The van der Waals surface area contributed by atoms with Gasteiger partial charge in [0.15, 0.2) is 0 Å². The van der Waals surface area contributed by atoms with Gasteiger partial charge in [-0.3, -0.25) is 19.4 Å². The summed E-state index contributed by atoms with van der Waals surface area (Å²) in [7, 11) is 1.88. The Morgan fingerprint density at radius 3 is 2.83 bits per heavy atom. The highest BCUT2D eigenvalue weighted by Gasteiger charge is 2.30. The quantitative estimate of drug-likeness (QED) is 0.692. The Bertz CT molecular complexity index is 1020. The van der Waals surface area contributed by atoms with Crippen LogP contribution in [-0.4, -0.2) is 44.4 Å². The van der Waals surface area contributed by atoms with Gasteiger partial charge in [0.25, 0.3) is 5.91 Å². The van der Waals surface area contributed by atoms with E-state index in [0.29, 0.717) is 31.5 Å². The van der Waals surface area contributed by atoms with Crippen LogP contribution in [0.3, 0.4) is 0 Å². The highest BCUT2D eigenvalue weighted by Crippen LogP contribution is 2.28. The first-order valence-corrected chi connectivity index (χ1v) is 9.69. The van der Waals surface area contributed by atoms with Crippen LogP contribution in [0.2, 0.25) is 0 Å². The number of aryl methyl sites for hydroxylation is 3. The normalized spacial score (nSPS) is 15.8. The Hall–Kier alpha value is -3.42. The van der Waals surface area contributed by atoms with Gasteiger partial charge in [-0.2, -0.15) is 10.2 Å². The first-order valence-electron chi connectivity index (χ1n) is 9.69. The number of anilines is 1. The summed E-state index contributed by atoms with van der Waals surface area (Å²) in [5.41, 5.74) is 4.37. The summed E-state index contributed by atoms with van der Waals surface area (Å²) < 4.78 is 1.76. The number of nitrogens with zero attached hydrogens (tertiary/aromatic N) is 4. The van der Waals surface area contributed by atoms with Crippen LogP contribution in [0.25, 0.3) is 0 Å². The van der Waals surface area contributed by atoms with Crippen molar-refractivity contribution in [3.05, 3.63) is 65.2 Å². The summed E-state index contributed by atoms with van der Waals surface area (Å²) in [6.07, 6.45) is 5.23. The summed E-state index contributed by atoms with van der Waals surface area (Å²) in [4.78, 5) is 27.2. The smallest absolute Gasteiger partial charge is 0.276 e. The molecule has 4 rings (SSSR count). The second-order valence-electron chi connectivity index (χ2n) is 7.40. The summed E-state index contributed by atoms with van der Waals surface area (Å²) in [6.45, 7) is 2.37. The number of carbonyl (C=O) groups excluding carboxylic acids is 2. The van der Waals surface area contributed by atoms with Crippen LogP contribution >= 0.6 is 0 Å². The van der Waals surface area contributed by atoms with Crippen molar-refractivity contribution in [2.24, 2.45) is 7.05 Å². The molecule has 1 unspecified atom stereocenters. The molecule has 150 valence electrons. The van der Waals surface area contributed by atoms with Crippen LogP contribution in [0.4, 0.5) is 5.69 Å². The molecule has 2 N–H and O–H groups in total. The predicted octanol–water partition coefficient (Wildman–Crippen LogP) is 1.77. The van der Waals surface area contributed by atoms with Gasteiger partial charge < -0.3 is 10.2 Å². The van der Waals surface area contributed by atoms with Gasteiger partial charge in [0.1, 0.15) is 5.69 Å². The van der Waals surface area contributed by atoms with Crippen LogP contribution in [0, 0.1) is 6.92 Å². The molecule has 0 fully saturated rings. The largest absolute Gasteiger partial charge is 0.351 e. The topological polar surface area (TPSA) is 95.9 Å². The minimum absolute atomic E-state index is 0.0217. The number of hydrogen-bond donors (Lipinski definition) is 2. The van der Waals surface area contributed by atoms with Gasteiger partial charge in [-0.25, -0.2) is 0 Å². The number of H-pyrrole nitrogens is 1. The molecule has 0 spiro atoms. The number of fused-ring (bicyclic) bond motifs is 1. The lowest BCUT2D eigenvalue weighted by Gasteiger charge is -2.34. The molecular weight excluding hydrogens is 368 g/mol. The fourth-order valence-electron chi connectivity index (χ4n) is 3.85. The van der Waals surface area contributed by atoms with E-state index < -0.39 is 0 Å². The lowest BCUT2D eigenvalue weighted by Crippen LogP contribution is -2.50. The number of nitrogens with one attached hydrogen (secondary N) is 2. The Morgan fingerprint density at radius 2 is 2.10 bits per heavy atom. The van der Waals surface area contributed by atoms with Crippen molar-refractivity contribution < 1.29 is 9.59 Å². The Morgan fingerprint density at radius 1 is 1.28 bits per heavy atom. The van der Waals surface area contributed by atoms with E-state index in [1.165, 1.54) is 0 Å². The van der Waals surface area contributed by atoms with E-state index in [4.69, 9.17) is 0 Å². The molecule has 1 aromatic carbocycles. The molecule has 3 heterocycles. The van der Waals surface area contributed by atoms with Gasteiger partial charge in [-0.15, -0.1) is 0 Å². The van der Waals surface area contributed by atoms with E-state index in [1.54, 1.807) is 21.8 Å². The number of para-hydroxylation sites is 1. The zero-order valence-corrected chi connectivity index (χ0v) is 16.6. The molecule has 2 amide bonds. The van der Waals surface area contributed by atoms with Gasteiger partial charge in [0.05, 0.1) is 11.7 Å². The monoisotopic (exact) mass is 392 g/mol. The van der Waals surface area contributed by atoms with Crippen molar-refractivity contribution in [1.82, 2.24) is 25.3 Å². The fourth-order valence-corrected chi connectivity index (χ4v) is 3.85. The third kappa shape index (κ3) is 4.06. The Kier molecular flexibility index (Phi) is 5.16. The van der Waals surface area contributed by atoms with Crippen molar-refractivity contribution >= 4 is 17.5 Å². The first-order chi connectivity index (χ1) is 14.0. The van der Waals surface area contributed by atoms with Gasteiger partial charge >= 0.3 is 0 Å². The second-order valence-corrected chi connectivity index (χ2v) is 7.40. The summed E-state index contributed by atoms with van der Waals surface area (Å²) in [5.74, 6) is -0.175. The second kappa shape index (κ2) is 7.90. The summed E-state index contributed by atoms with van der Waals surface area (Å²) >= 11 is 0. The molecule has 0 aliphatic carbocycles. The molecule has 0 saturated carbocycles. The number of benzene rings is 1. The van der Waals surface area contributed by atoms with Gasteiger partial charge in [0, 0.05) is 38.1 Å². The molecule has 2 aromatic heterocycles. The maximum absolute atomic E-state index is 12.9. The average Bonchev–Trinajstić information content (AvgIpc) is 3.35. The van der Waals surface area contributed by atoms with Crippen LogP contribution in [0.1, 0.15) is 33.7 Å². The average molecular weight is 392 g/mol. The summed E-state index contributed by atoms with van der Waals surface area (Å²) in [5, 5.41) is 14.0. The number of hydrogen-bond acceptors (Lipinski definition) is 4. The lowest BCUT2D eigenvalue weighted by molar-refractivity contribution is -0.121. The highest BCUT2D eigenvalue weighted by atomic mass is 16.2. The zero-order chi connectivity index (χ0) is 20.4. The number of carbonyl (C=O) groups is 2. The number of rotatable bonds is 5. The van der Waals surface area contributed by atoms with E-state index >= 15 is 0 Å². The summed E-state index contributed by atoms with van der Waals surface area (Å²) in [6, 6.07) is 9.32. The van der Waals surface area contributed by atoms with Gasteiger partial charge in [-0.05, 0) is 43.0 Å². The van der Waals surface area contributed by atoms with E-state index in [-0.39, 0.29) is 17.9 Å². The van der Waals surface area contributed by atoms with E-state index in [1.807, 2.05) is 44.4 Å². The van der Waals surface area contributed by atoms with Gasteiger partial charge in [0.2, 0.25) is 5.91 Å². The SMILES string of the molecule is Cc1nn(C)cc1CCC(=O)NC1Cc2ccccc2N(C(=O)c2ccn[nH]2)C1. The molecular formula is C21H24N6O2. The number of aromatic nitrogens is 4. The minimum atomic E-state index is -0.153. The first kappa shape index (κ1) is 18.9. The Labute approximate surface area is 168 Å². The van der Waals surface area contributed by atoms with E-state index in [9.17, 15) is 9.59 Å². The Balaban J connectivity index is 1.45. The van der Waals surface area contributed by atoms with Crippen molar-refractivity contribution in [3.63, 3.8) is 0 Å². The third-order valence-electron chi connectivity index (χ3n) is 5.23. The maximum atomic E-state index is 12.9. The molecule has 0 bridgehead atoms. The zero-order valence-electron chi connectivity index (χ0n) is 16.6. The van der Waals surface area contributed by atoms with Crippen LogP contribution < -0.4 is 10.2 Å². The molecule has 8 nitrogen and oxygen atoms in total. The van der Waals surface area contributed by atoms with Crippen molar-refractivity contribution in [2.45, 2.75) is 32.2 Å². The highest BCUT2D eigenvalue weighted by molar-refractivity contribution is 6.05. The van der Waals surface area contributed by atoms with E-state index in [0.717, 1.165) is 22.5 Å². The lowest BCUT2D eigenvalue weighted by atomic mass is 9.97. The molecule has 8 heteroatoms. The molecule has 3 aromatic rings. The van der Waals surface area contributed by atoms with Crippen LogP contribution in [0.15, 0.2) is 42.7 Å². The fraction of sp³-hybridized carbons (Fsp3) is 0.333. The van der Waals surface area contributed by atoms with E-state index in [2.05, 4.69) is 20.6 Å². The third-order valence-corrected chi connectivity index (χ3v) is 5.23. The molecule has 0 radical (unpaired) electrons. The molecule has 1 aliphatic rings. The maximum Gasteiger partial charge on any atom is 0.276 e. The van der Waals surface area contributed by atoms with Crippen LogP contribution in [0.5, 0.6) is 0 Å². The standard InChI is InChI=1S/C21H24N6O2/c1-14-16(12-26(2)25-14)7-8-20(28)23-17-11-15-5-3-4-6-19(15)27(13-17)21(29)18-9-10-22-24-18/h3-6,9-10,12,17H,7-8,11,13H2,1-2H3,(H,22,24)(H,23,28). The van der Waals surface area contributed by atoms with Crippen LogP contribution in [-0.2, 0) is 24.7 Å². The van der Waals surface area contributed by atoms with Crippen molar-refractivity contribution in [2.75, 3.05) is 11.4 Å². The van der Waals surface area contributed by atoms with Crippen molar-refractivity contribution in [3.8, 4) is 0 Å². The molecule has 1 aliphatic heterocycles. The molecule has 0 saturated heterocycles. The minimum Gasteiger partial charge on any atom is -0.351 e.